The van der Waals surface area contributed by atoms with Crippen molar-refractivity contribution < 1.29 is 14.5 Å². The van der Waals surface area contributed by atoms with Gasteiger partial charge in [-0.3, -0.25) is 10.1 Å². The fraction of sp³-hybridized carbons (Fsp3) is 0.400. The number of carbonyl (C=O) groups is 1. The SMILES string of the molecule is CC(C)(C)OC(=O)NCCC#Cc1ccc([N+](=O)[O-])cc1Cl. The van der Waals surface area contributed by atoms with E-state index in [4.69, 9.17) is 16.3 Å². The summed E-state index contributed by atoms with van der Waals surface area (Å²) in [6.45, 7) is 5.68. The quantitative estimate of drug-likeness (QED) is 0.399. The van der Waals surface area contributed by atoms with E-state index in [0.717, 1.165) is 0 Å². The molecule has 1 amide bonds. The van der Waals surface area contributed by atoms with Crippen molar-refractivity contribution in [3.05, 3.63) is 38.9 Å². The van der Waals surface area contributed by atoms with Crippen LogP contribution >= 0.6 is 11.6 Å². The number of rotatable bonds is 3. The Balaban J connectivity index is 2.48. The Morgan fingerprint density at radius 3 is 2.68 bits per heavy atom. The van der Waals surface area contributed by atoms with Gasteiger partial charge in [0, 0.05) is 30.7 Å². The molecule has 1 aromatic rings. The van der Waals surface area contributed by atoms with E-state index in [1.165, 1.54) is 18.2 Å². The van der Waals surface area contributed by atoms with Crippen LogP contribution in [0.25, 0.3) is 0 Å². The van der Waals surface area contributed by atoms with Gasteiger partial charge in [-0.15, -0.1) is 0 Å². The Morgan fingerprint density at radius 2 is 2.14 bits per heavy atom. The normalized spacial score (nSPS) is 10.4. The number of hydrogen-bond donors (Lipinski definition) is 1. The Labute approximate surface area is 133 Å². The van der Waals surface area contributed by atoms with Gasteiger partial charge in [0.25, 0.3) is 5.69 Å². The molecule has 0 saturated heterocycles. The van der Waals surface area contributed by atoms with Crippen LogP contribution in [0.15, 0.2) is 18.2 Å². The summed E-state index contributed by atoms with van der Waals surface area (Å²) in [6.07, 6.45) is -0.0882. The number of non-ortho nitro benzene ring substituents is 1. The average Bonchev–Trinajstić information content (AvgIpc) is 2.37. The largest absolute Gasteiger partial charge is 0.444 e. The van der Waals surface area contributed by atoms with Crippen molar-refractivity contribution in [2.24, 2.45) is 0 Å². The van der Waals surface area contributed by atoms with Crippen molar-refractivity contribution in [2.75, 3.05) is 6.54 Å². The van der Waals surface area contributed by atoms with Crippen LogP contribution in [0.5, 0.6) is 0 Å². The molecule has 1 aromatic carbocycles. The van der Waals surface area contributed by atoms with Gasteiger partial charge in [-0.1, -0.05) is 23.4 Å². The minimum Gasteiger partial charge on any atom is -0.444 e. The number of nitro groups is 1. The summed E-state index contributed by atoms with van der Waals surface area (Å²) in [7, 11) is 0. The Bertz CT molecular complexity index is 627. The minimum absolute atomic E-state index is 0.0813. The van der Waals surface area contributed by atoms with Gasteiger partial charge in [-0.25, -0.2) is 4.79 Å². The second-order valence-electron chi connectivity index (χ2n) is 5.40. The molecule has 0 bridgehead atoms. The average molecular weight is 325 g/mol. The lowest BCUT2D eigenvalue weighted by atomic mass is 10.2. The zero-order valence-corrected chi connectivity index (χ0v) is 13.4. The van der Waals surface area contributed by atoms with Gasteiger partial charge in [0.1, 0.15) is 5.60 Å². The lowest BCUT2D eigenvalue weighted by Gasteiger charge is -2.19. The molecule has 22 heavy (non-hydrogen) atoms. The van der Waals surface area contributed by atoms with E-state index in [1.807, 2.05) is 0 Å². The monoisotopic (exact) mass is 324 g/mol. The summed E-state index contributed by atoms with van der Waals surface area (Å²) in [4.78, 5) is 21.4. The number of halogens is 1. The molecule has 6 nitrogen and oxygen atoms in total. The Hall–Kier alpha value is -2.26. The van der Waals surface area contributed by atoms with Crippen LogP contribution in [0.1, 0.15) is 32.8 Å². The summed E-state index contributed by atoms with van der Waals surface area (Å²) in [5, 5.41) is 13.4. The van der Waals surface area contributed by atoms with Crippen molar-refractivity contribution in [1.82, 2.24) is 5.32 Å². The van der Waals surface area contributed by atoms with Crippen LogP contribution in [0.3, 0.4) is 0 Å². The number of nitro benzene ring substituents is 1. The van der Waals surface area contributed by atoms with Crippen molar-refractivity contribution >= 4 is 23.4 Å². The molecule has 118 valence electrons. The minimum atomic E-state index is -0.540. The molecule has 1 rings (SSSR count). The van der Waals surface area contributed by atoms with Gasteiger partial charge in [0.15, 0.2) is 0 Å². The fourth-order valence-electron chi connectivity index (χ4n) is 1.42. The van der Waals surface area contributed by atoms with E-state index in [2.05, 4.69) is 17.2 Å². The molecule has 7 heteroatoms. The van der Waals surface area contributed by atoms with Crippen LogP contribution in [0.2, 0.25) is 5.02 Å². The zero-order chi connectivity index (χ0) is 16.8. The first-order chi connectivity index (χ1) is 10.2. The molecule has 0 heterocycles. The van der Waals surface area contributed by atoms with E-state index in [0.29, 0.717) is 18.5 Å². The summed E-state index contributed by atoms with van der Waals surface area (Å²) >= 11 is 5.91. The maximum absolute atomic E-state index is 11.4. The predicted octanol–water partition coefficient (Wildman–Crippen LogP) is 3.51. The first-order valence-electron chi connectivity index (χ1n) is 6.59. The number of carbonyl (C=O) groups excluding carboxylic acids is 1. The van der Waals surface area contributed by atoms with Gasteiger partial charge in [0.05, 0.1) is 9.95 Å². The van der Waals surface area contributed by atoms with Crippen LogP contribution in [-0.4, -0.2) is 23.2 Å². The van der Waals surface area contributed by atoms with Gasteiger partial charge < -0.3 is 10.1 Å². The topological polar surface area (TPSA) is 81.5 Å². The molecule has 1 N–H and O–H groups in total. The molecule has 0 aliphatic rings. The first kappa shape index (κ1) is 17.8. The highest BCUT2D eigenvalue weighted by molar-refractivity contribution is 6.32. The lowest BCUT2D eigenvalue weighted by molar-refractivity contribution is -0.384. The molecule has 0 aromatic heterocycles. The summed E-state index contributed by atoms with van der Waals surface area (Å²) < 4.78 is 5.07. The maximum atomic E-state index is 11.4. The second kappa shape index (κ2) is 7.66. The molecule has 0 radical (unpaired) electrons. The molecule has 0 spiro atoms. The van der Waals surface area contributed by atoms with Crippen LogP contribution < -0.4 is 5.32 Å². The highest BCUT2D eigenvalue weighted by atomic mass is 35.5. The summed E-state index contributed by atoms with van der Waals surface area (Å²) in [5.41, 5.74) is -0.117. The first-order valence-corrected chi connectivity index (χ1v) is 6.96. The lowest BCUT2D eigenvalue weighted by Crippen LogP contribution is -2.32. The third kappa shape index (κ3) is 6.46. The van der Waals surface area contributed by atoms with Crippen LogP contribution in [0, 0.1) is 22.0 Å². The summed E-state index contributed by atoms with van der Waals surface area (Å²) in [6, 6.07) is 4.09. The third-order valence-electron chi connectivity index (χ3n) is 2.30. The molecular formula is C15H17ClN2O4. The van der Waals surface area contributed by atoms with E-state index in [9.17, 15) is 14.9 Å². The smallest absolute Gasteiger partial charge is 0.407 e. The fourth-order valence-corrected chi connectivity index (χ4v) is 1.64. The summed E-state index contributed by atoms with van der Waals surface area (Å²) in [5.74, 6) is 5.64. The standard InChI is InChI=1S/C15H17ClN2O4/c1-15(2,3)22-14(19)17-9-5-4-6-11-7-8-12(18(20)21)10-13(11)16/h7-8,10H,5,9H2,1-3H3,(H,17,19). The molecule has 0 fully saturated rings. The second-order valence-corrected chi connectivity index (χ2v) is 5.81. The predicted molar refractivity (Wildman–Crippen MR) is 83.8 cm³/mol. The Morgan fingerprint density at radius 1 is 1.45 bits per heavy atom. The number of hydrogen-bond acceptors (Lipinski definition) is 4. The van der Waals surface area contributed by atoms with Gasteiger partial charge in [0.2, 0.25) is 0 Å². The van der Waals surface area contributed by atoms with E-state index < -0.39 is 16.6 Å². The molecular weight excluding hydrogens is 308 g/mol. The van der Waals surface area contributed by atoms with Gasteiger partial charge in [-0.05, 0) is 26.8 Å². The third-order valence-corrected chi connectivity index (χ3v) is 2.62. The van der Waals surface area contributed by atoms with Crippen molar-refractivity contribution in [2.45, 2.75) is 32.8 Å². The Kier molecular flexibility index (Phi) is 6.20. The number of alkyl carbamates (subject to hydrolysis) is 1. The molecule has 0 saturated carbocycles. The molecule has 0 atom stereocenters. The van der Waals surface area contributed by atoms with Crippen LogP contribution in [-0.2, 0) is 4.74 Å². The van der Waals surface area contributed by atoms with E-state index in [-0.39, 0.29) is 10.7 Å². The number of ether oxygens (including phenoxy) is 1. The van der Waals surface area contributed by atoms with Crippen LogP contribution in [0.4, 0.5) is 10.5 Å². The molecule has 0 aliphatic heterocycles. The van der Waals surface area contributed by atoms with E-state index >= 15 is 0 Å². The van der Waals surface area contributed by atoms with Crippen molar-refractivity contribution in [3.63, 3.8) is 0 Å². The zero-order valence-electron chi connectivity index (χ0n) is 12.6. The highest BCUT2D eigenvalue weighted by Crippen LogP contribution is 2.21. The van der Waals surface area contributed by atoms with E-state index in [1.54, 1.807) is 20.8 Å². The highest BCUT2D eigenvalue weighted by Gasteiger charge is 2.15. The van der Waals surface area contributed by atoms with Crippen molar-refractivity contribution in [3.8, 4) is 11.8 Å². The maximum Gasteiger partial charge on any atom is 0.407 e. The number of nitrogens with one attached hydrogen (secondary N) is 1. The number of benzene rings is 1. The number of amides is 1. The van der Waals surface area contributed by atoms with Crippen molar-refractivity contribution in [1.29, 1.82) is 0 Å². The molecule has 0 unspecified atom stereocenters. The van der Waals surface area contributed by atoms with Gasteiger partial charge in [-0.2, -0.15) is 0 Å². The van der Waals surface area contributed by atoms with Gasteiger partial charge >= 0.3 is 6.09 Å². The molecule has 0 aliphatic carbocycles. The number of nitrogens with zero attached hydrogens (tertiary/aromatic N) is 1.